The summed E-state index contributed by atoms with van der Waals surface area (Å²) in [4.78, 5) is 10.7. The van der Waals surface area contributed by atoms with Crippen LogP contribution in [0.25, 0.3) is 0 Å². The molecule has 0 bridgehead atoms. The number of esters is 1. The summed E-state index contributed by atoms with van der Waals surface area (Å²) < 4.78 is 44.7. The molecule has 0 saturated carbocycles. The third kappa shape index (κ3) is 3.54. The topological polar surface area (TPSA) is 92.7 Å². The van der Waals surface area contributed by atoms with E-state index in [-0.39, 0.29) is 16.3 Å². The molecular formula is C14H11ClFNO5S. The molecule has 9 heteroatoms. The summed E-state index contributed by atoms with van der Waals surface area (Å²) >= 11 is 5.56. The van der Waals surface area contributed by atoms with Gasteiger partial charge in [-0.15, -0.1) is 0 Å². The number of benzene rings is 2. The monoisotopic (exact) mass is 359 g/mol. The van der Waals surface area contributed by atoms with Crippen LogP contribution in [0.2, 0.25) is 5.02 Å². The van der Waals surface area contributed by atoms with E-state index in [0.29, 0.717) is 0 Å². The first-order valence-electron chi connectivity index (χ1n) is 6.14. The summed E-state index contributed by atoms with van der Waals surface area (Å²) in [6, 6.07) is 6.96. The lowest BCUT2D eigenvalue weighted by atomic mass is 10.2. The number of hydrogen-bond donors (Lipinski definition) is 2. The molecule has 23 heavy (non-hydrogen) atoms. The van der Waals surface area contributed by atoms with Crippen LogP contribution in [-0.4, -0.2) is 26.6 Å². The smallest absolute Gasteiger partial charge is 0.341 e. The molecule has 0 atom stereocenters. The Hall–Kier alpha value is -2.32. The van der Waals surface area contributed by atoms with Gasteiger partial charge in [0.2, 0.25) is 0 Å². The van der Waals surface area contributed by atoms with Gasteiger partial charge < -0.3 is 9.84 Å². The number of methoxy groups -OCH3 is 1. The fourth-order valence-corrected chi connectivity index (χ4v) is 3.16. The van der Waals surface area contributed by atoms with Gasteiger partial charge >= 0.3 is 5.97 Å². The molecule has 0 unspecified atom stereocenters. The van der Waals surface area contributed by atoms with Crippen LogP contribution in [0.5, 0.6) is 5.75 Å². The molecule has 0 amide bonds. The Morgan fingerprint density at radius 1 is 1.30 bits per heavy atom. The number of nitrogens with one attached hydrogen (secondary N) is 1. The van der Waals surface area contributed by atoms with Crippen molar-refractivity contribution in [2.45, 2.75) is 4.90 Å². The summed E-state index contributed by atoms with van der Waals surface area (Å²) in [5.74, 6) is -2.35. The molecule has 0 aliphatic rings. The molecule has 2 aromatic rings. The van der Waals surface area contributed by atoms with Crippen LogP contribution >= 0.6 is 11.6 Å². The van der Waals surface area contributed by atoms with Crippen molar-refractivity contribution in [3.05, 3.63) is 52.8 Å². The summed E-state index contributed by atoms with van der Waals surface area (Å²) in [5.41, 5.74) is -0.195. The minimum Gasteiger partial charge on any atom is -0.507 e. The molecule has 0 aliphatic heterocycles. The maximum absolute atomic E-state index is 13.8. The second-order valence-electron chi connectivity index (χ2n) is 4.38. The molecule has 0 saturated heterocycles. The molecule has 0 fully saturated rings. The van der Waals surface area contributed by atoms with Crippen molar-refractivity contribution in [3.8, 4) is 5.75 Å². The van der Waals surface area contributed by atoms with Gasteiger partial charge in [0.15, 0.2) is 5.82 Å². The average Bonchev–Trinajstić information content (AvgIpc) is 2.48. The van der Waals surface area contributed by atoms with Crippen molar-refractivity contribution in [2.75, 3.05) is 11.8 Å². The number of halogens is 2. The number of carbonyl (C=O) groups is 1. The highest BCUT2D eigenvalue weighted by Crippen LogP contribution is 2.27. The minimum atomic E-state index is -4.26. The highest BCUT2D eigenvalue weighted by molar-refractivity contribution is 7.92. The first kappa shape index (κ1) is 17.0. The number of phenolic OH excluding ortho intramolecular Hbond substituents is 1. The van der Waals surface area contributed by atoms with Gasteiger partial charge in [-0.25, -0.2) is 17.6 Å². The number of carbonyl (C=O) groups excluding carboxylic acids is 1. The predicted octanol–water partition coefficient (Wildman–Crippen LogP) is 2.77. The van der Waals surface area contributed by atoms with Crippen molar-refractivity contribution >= 4 is 33.3 Å². The van der Waals surface area contributed by atoms with Crippen molar-refractivity contribution in [1.29, 1.82) is 0 Å². The standard InChI is InChI=1S/C14H11ClFNO5S/c1-22-14(19)9-6-5-8(7-11(9)18)17-23(20,21)12-4-2-3-10(15)13(12)16/h2-7,17-18H,1H3. The molecule has 0 heterocycles. The molecule has 6 nitrogen and oxygen atoms in total. The first-order valence-corrected chi connectivity index (χ1v) is 8.00. The van der Waals surface area contributed by atoms with E-state index in [0.717, 1.165) is 19.2 Å². The zero-order valence-electron chi connectivity index (χ0n) is 11.7. The van der Waals surface area contributed by atoms with E-state index in [9.17, 15) is 22.7 Å². The lowest BCUT2D eigenvalue weighted by molar-refractivity contribution is 0.0597. The first-order chi connectivity index (χ1) is 10.8. The fraction of sp³-hybridized carbons (Fsp3) is 0.0714. The quantitative estimate of drug-likeness (QED) is 0.819. The summed E-state index contributed by atoms with van der Waals surface area (Å²) in [5, 5.41) is 9.39. The Bertz CT molecular complexity index is 869. The number of phenols is 1. The van der Waals surface area contributed by atoms with Crippen molar-refractivity contribution < 1.29 is 27.4 Å². The Balaban J connectivity index is 2.36. The number of hydrogen-bond acceptors (Lipinski definition) is 5. The van der Waals surface area contributed by atoms with Crippen LogP contribution in [-0.2, 0) is 14.8 Å². The molecule has 2 rings (SSSR count). The van der Waals surface area contributed by atoms with E-state index < -0.39 is 32.5 Å². The van der Waals surface area contributed by atoms with Crippen LogP contribution in [0.3, 0.4) is 0 Å². The maximum Gasteiger partial charge on any atom is 0.341 e. The van der Waals surface area contributed by atoms with Gasteiger partial charge in [-0.3, -0.25) is 4.72 Å². The number of ether oxygens (including phenoxy) is 1. The van der Waals surface area contributed by atoms with E-state index in [1.165, 1.54) is 24.3 Å². The largest absolute Gasteiger partial charge is 0.507 e. The highest BCUT2D eigenvalue weighted by atomic mass is 35.5. The summed E-state index contributed by atoms with van der Waals surface area (Å²) in [6.45, 7) is 0. The second kappa shape index (κ2) is 6.43. The molecule has 122 valence electrons. The SMILES string of the molecule is COC(=O)c1ccc(NS(=O)(=O)c2cccc(Cl)c2F)cc1O. The van der Waals surface area contributed by atoms with Crippen LogP contribution in [0.4, 0.5) is 10.1 Å². The molecule has 0 spiro atoms. The molecule has 2 N–H and O–H groups in total. The number of aromatic hydroxyl groups is 1. The third-order valence-corrected chi connectivity index (χ3v) is 4.55. The normalized spacial score (nSPS) is 11.1. The lowest BCUT2D eigenvalue weighted by Crippen LogP contribution is -2.15. The van der Waals surface area contributed by atoms with Gasteiger partial charge in [-0.2, -0.15) is 0 Å². The van der Waals surface area contributed by atoms with Crippen LogP contribution in [0.1, 0.15) is 10.4 Å². The Kier molecular flexibility index (Phi) is 4.76. The molecule has 0 aliphatic carbocycles. The van der Waals surface area contributed by atoms with E-state index >= 15 is 0 Å². The number of sulfonamides is 1. The van der Waals surface area contributed by atoms with Crippen molar-refractivity contribution in [3.63, 3.8) is 0 Å². The number of anilines is 1. The fourth-order valence-electron chi connectivity index (χ4n) is 1.78. The van der Waals surface area contributed by atoms with Gasteiger partial charge in [0, 0.05) is 6.07 Å². The molecule has 2 aromatic carbocycles. The van der Waals surface area contributed by atoms with E-state index in [2.05, 4.69) is 9.46 Å². The van der Waals surface area contributed by atoms with Crippen LogP contribution < -0.4 is 4.72 Å². The Morgan fingerprint density at radius 2 is 2.00 bits per heavy atom. The average molecular weight is 360 g/mol. The van der Waals surface area contributed by atoms with Gasteiger partial charge in [0.25, 0.3) is 10.0 Å². The lowest BCUT2D eigenvalue weighted by Gasteiger charge is -2.11. The summed E-state index contributed by atoms with van der Waals surface area (Å²) in [6.07, 6.45) is 0. The summed E-state index contributed by atoms with van der Waals surface area (Å²) in [7, 11) is -3.12. The predicted molar refractivity (Wildman–Crippen MR) is 81.7 cm³/mol. The van der Waals surface area contributed by atoms with E-state index in [1.54, 1.807) is 0 Å². The zero-order valence-corrected chi connectivity index (χ0v) is 13.3. The minimum absolute atomic E-state index is 0.0606. The maximum atomic E-state index is 13.8. The molecule has 0 radical (unpaired) electrons. The van der Waals surface area contributed by atoms with Crippen molar-refractivity contribution in [2.24, 2.45) is 0 Å². The Labute approximate surface area is 136 Å². The molecular weight excluding hydrogens is 349 g/mol. The zero-order chi connectivity index (χ0) is 17.2. The molecule has 0 aromatic heterocycles. The van der Waals surface area contributed by atoms with Gasteiger partial charge in [0.1, 0.15) is 16.2 Å². The van der Waals surface area contributed by atoms with Crippen molar-refractivity contribution in [1.82, 2.24) is 0 Å². The van der Waals surface area contributed by atoms with Gasteiger partial charge in [0.05, 0.1) is 17.8 Å². The Morgan fingerprint density at radius 3 is 2.61 bits per heavy atom. The van der Waals surface area contributed by atoms with Gasteiger partial charge in [-0.1, -0.05) is 17.7 Å². The van der Waals surface area contributed by atoms with Crippen LogP contribution in [0, 0.1) is 5.82 Å². The highest BCUT2D eigenvalue weighted by Gasteiger charge is 2.21. The second-order valence-corrected chi connectivity index (χ2v) is 6.44. The van der Waals surface area contributed by atoms with Crippen LogP contribution in [0.15, 0.2) is 41.3 Å². The van der Waals surface area contributed by atoms with E-state index in [1.807, 2.05) is 0 Å². The number of rotatable bonds is 4. The third-order valence-electron chi connectivity index (χ3n) is 2.86. The van der Waals surface area contributed by atoms with Gasteiger partial charge in [-0.05, 0) is 24.3 Å². The van der Waals surface area contributed by atoms with E-state index in [4.69, 9.17) is 11.6 Å².